The lowest BCUT2D eigenvalue weighted by Gasteiger charge is -2.39. The first-order valence-electron chi connectivity index (χ1n) is 6.95. The second-order valence-corrected chi connectivity index (χ2v) is 9.33. The van der Waals surface area contributed by atoms with Gasteiger partial charge < -0.3 is 10.4 Å². The van der Waals surface area contributed by atoms with E-state index in [0.717, 1.165) is 30.0 Å². The minimum atomic E-state index is -0.454. The van der Waals surface area contributed by atoms with Crippen molar-refractivity contribution in [3.05, 3.63) is 28.4 Å². The zero-order valence-electron chi connectivity index (χ0n) is 11.8. The van der Waals surface area contributed by atoms with E-state index in [1.807, 2.05) is 6.07 Å². The molecule has 1 aliphatic carbocycles. The first-order valence-corrected chi connectivity index (χ1v) is 10.2. The Kier molecular flexibility index (Phi) is 6.59. The Labute approximate surface area is 166 Å². The van der Waals surface area contributed by atoms with Crippen molar-refractivity contribution < 1.29 is 9.90 Å². The first kappa shape index (κ1) is 18.2. The molecule has 0 bridgehead atoms. The summed E-state index contributed by atoms with van der Waals surface area (Å²) in [6, 6.07) is 3.97. The lowest BCUT2D eigenvalue weighted by molar-refractivity contribution is 0.0696. The van der Waals surface area contributed by atoms with Crippen LogP contribution in [-0.4, -0.2) is 23.2 Å². The summed E-state index contributed by atoms with van der Waals surface area (Å²) in [6.45, 7) is 2.20. The van der Waals surface area contributed by atoms with Crippen molar-refractivity contribution in [1.29, 1.82) is 0 Å². The van der Waals surface area contributed by atoms with Gasteiger partial charge in [-0.2, -0.15) is 0 Å². The third-order valence-corrected chi connectivity index (χ3v) is 7.68. The predicted molar refractivity (Wildman–Crippen MR) is 110 cm³/mol. The molecule has 1 aliphatic rings. The van der Waals surface area contributed by atoms with Crippen LogP contribution in [0.2, 0.25) is 0 Å². The highest BCUT2D eigenvalue weighted by atomic mass is 127. The van der Waals surface area contributed by atoms with E-state index in [-0.39, 0.29) is 12.5 Å². The summed E-state index contributed by atoms with van der Waals surface area (Å²) in [6.07, 6.45) is 3.95. The average Bonchev–Trinajstić information content (AvgIpc) is 2.42. The molecule has 0 saturated heterocycles. The standard InChI is InChI=1S/C15H18I3NO2/c1-9-3-2-4-15(7-9,8-20)19-14(21)11-5-10(16)6-12(17)13(11)18/h5-6,9,20H,2-4,7-8H2,1H3,(H,19,21). The fourth-order valence-corrected chi connectivity index (χ4v) is 5.39. The number of nitrogens with one attached hydrogen (secondary N) is 1. The lowest BCUT2D eigenvalue weighted by Crippen LogP contribution is -2.54. The number of rotatable bonds is 3. The Morgan fingerprint density at radius 3 is 2.76 bits per heavy atom. The highest BCUT2D eigenvalue weighted by Crippen LogP contribution is 2.32. The molecule has 6 heteroatoms. The molecule has 0 spiro atoms. The first-order chi connectivity index (χ1) is 9.87. The maximum absolute atomic E-state index is 12.7. The van der Waals surface area contributed by atoms with Crippen molar-refractivity contribution in [2.45, 2.75) is 38.1 Å². The lowest BCUT2D eigenvalue weighted by atomic mass is 9.76. The molecule has 2 atom stereocenters. The molecule has 116 valence electrons. The largest absolute Gasteiger partial charge is 0.394 e. The molecule has 0 aromatic heterocycles. The molecule has 2 N–H and O–H groups in total. The molecule has 0 radical (unpaired) electrons. The normalized spacial score (nSPS) is 25.7. The van der Waals surface area contributed by atoms with Crippen molar-refractivity contribution >= 4 is 73.7 Å². The van der Waals surface area contributed by atoms with E-state index in [9.17, 15) is 9.90 Å². The van der Waals surface area contributed by atoms with Gasteiger partial charge >= 0.3 is 0 Å². The summed E-state index contributed by atoms with van der Waals surface area (Å²) in [4.78, 5) is 12.7. The molecule has 1 saturated carbocycles. The quantitative estimate of drug-likeness (QED) is 0.392. The number of carbonyl (C=O) groups is 1. The van der Waals surface area contributed by atoms with E-state index in [1.165, 1.54) is 6.42 Å². The minimum absolute atomic E-state index is 0.0146. The van der Waals surface area contributed by atoms with Crippen LogP contribution in [-0.2, 0) is 0 Å². The second-order valence-electron chi connectivity index (χ2n) is 5.84. The van der Waals surface area contributed by atoms with Gasteiger partial charge in [0.25, 0.3) is 5.91 Å². The molecule has 21 heavy (non-hydrogen) atoms. The molecule has 0 heterocycles. The number of amides is 1. The zero-order chi connectivity index (χ0) is 15.6. The van der Waals surface area contributed by atoms with E-state index < -0.39 is 5.54 Å². The Hall–Kier alpha value is 0.840. The molecule has 2 rings (SSSR count). The number of hydrogen-bond donors (Lipinski definition) is 2. The van der Waals surface area contributed by atoms with Gasteiger partial charge in [0, 0.05) is 10.7 Å². The van der Waals surface area contributed by atoms with Crippen LogP contribution in [0.5, 0.6) is 0 Å². The monoisotopic (exact) mass is 625 g/mol. The number of halogens is 3. The van der Waals surface area contributed by atoms with Gasteiger partial charge in [0.05, 0.1) is 17.7 Å². The molecule has 0 aliphatic heterocycles. The zero-order valence-corrected chi connectivity index (χ0v) is 18.2. The molecule has 1 aromatic rings. The van der Waals surface area contributed by atoms with Crippen molar-refractivity contribution in [3.63, 3.8) is 0 Å². The van der Waals surface area contributed by atoms with Crippen LogP contribution in [0.1, 0.15) is 43.0 Å². The van der Waals surface area contributed by atoms with Gasteiger partial charge in [0.2, 0.25) is 0 Å². The van der Waals surface area contributed by atoms with E-state index in [1.54, 1.807) is 0 Å². The van der Waals surface area contributed by atoms with Crippen LogP contribution in [0.3, 0.4) is 0 Å². The summed E-state index contributed by atoms with van der Waals surface area (Å²) < 4.78 is 3.11. The number of hydrogen-bond acceptors (Lipinski definition) is 2. The average molecular weight is 625 g/mol. The Morgan fingerprint density at radius 1 is 1.43 bits per heavy atom. The summed E-state index contributed by atoms with van der Waals surface area (Å²) in [7, 11) is 0. The fraction of sp³-hybridized carbons (Fsp3) is 0.533. The highest BCUT2D eigenvalue weighted by molar-refractivity contribution is 14.1. The van der Waals surface area contributed by atoms with E-state index in [4.69, 9.17) is 0 Å². The molecule has 2 unspecified atom stereocenters. The van der Waals surface area contributed by atoms with Crippen molar-refractivity contribution in [1.82, 2.24) is 5.32 Å². The predicted octanol–water partition coefficient (Wildman–Crippen LogP) is 4.17. The van der Waals surface area contributed by atoms with Gasteiger partial charge in [-0.05, 0) is 98.7 Å². The van der Waals surface area contributed by atoms with Gasteiger partial charge in [-0.1, -0.05) is 19.8 Å². The third-order valence-electron chi connectivity index (χ3n) is 4.01. The molecule has 1 amide bonds. The van der Waals surface area contributed by atoms with Gasteiger partial charge in [-0.15, -0.1) is 0 Å². The van der Waals surface area contributed by atoms with Crippen LogP contribution in [0.4, 0.5) is 0 Å². The number of aliphatic hydroxyl groups is 1. The van der Waals surface area contributed by atoms with Crippen LogP contribution in [0.25, 0.3) is 0 Å². The molecule has 1 aromatic carbocycles. The summed E-state index contributed by atoms with van der Waals surface area (Å²) in [5.74, 6) is 0.472. The van der Waals surface area contributed by atoms with Gasteiger partial charge in [0.15, 0.2) is 0 Å². The van der Waals surface area contributed by atoms with E-state index in [2.05, 4.69) is 86.1 Å². The molecular formula is C15H18I3NO2. The Balaban J connectivity index is 2.24. The summed E-state index contributed by atoms with van der Waals surface area (Å²) in [5, 5.41) is 12.9. The van der Waals surface area contributed by atoms with Crippen LogP contribution < -0.4 is 5.32 Å². The maximum atomic E-state index is 12.7. The third kappa shape index (κ3) is 4.43. The number of carbonyl (C=O) groups excluding carboxylic acids is 1. The van der Waals surface area contributed by atoms with Crippen LogP contribution in [0.15, 0.2) is 12.1 Å². The smallest absolute Gasteiger partial charge is 0.252 e. The minimum Gasteiger partial charge on any atom is -0.394 e. The molecular weight excluding hydrogens is 607 g/mol. The summed E-state index contributed by atoms with van der Waals surface area (Å²) >= 11 is 6.70. The van der Waals surface area contributed by atoms with Gasteiger partial charge in [0.1, 0.15) is 0 Å². The van der Waals surface area contributed by atoms with Gasteiger partial charge in [-0.3, -0.25) is 4.79 Å². The topological polar surface area (TPSA) is 49.3 Å². The van der Waals surface area contributed by atoms with Crippen molar-refractivity contribution in [2.24, 2.45) is 5.92 Å². The Bertz CT molecular complexity index is 550. The van der Waals surface area contributed by atoms with Crippen LogP contribution >= 0.6 is 67.8 Å². The molecule has 3 nitrogen and oxygen atoms in total. The summed E-state index contributed by atoms with van der Waals surface area (Å²) in [5.41, 5.74) is 0.253. The van der Waals surface area contributed by atoms with Crippen molar-refractivity contribution in [2.75, 3.05) is 6.61 Å². The SMILES string of the molecule is CC1CCCC(CO)(NC(=O)c2cc(I)cc(I)c2I)C1. The molecule has 1 fully saturated rings. The maximum Gasteiger partial charge on any atom is 0.252 e. The number of benzene rings is 1. The van der Waals surface area contributed by atoms with E-state index in [0.29, 0.717) is 11.5 Å². The highest BCUT2D eigenvalue weighted by Gasteiger charge is 2.36. The number of aliphatic hydroxyl groups excluding tert-OH is 1. The Morgan fingerprint density at radius 2 is 2.14 bits per heavy atom. The van der Waals surface area contributed by atoms with Crippen molar-refractivity contribution in [3.8, 4) is 0 Å². The second kappa shape index (κ2) is 7.61. The van der Waals surface area contributed by atoms with E-state index >= 15 is 0 Å². The van der Waals surface area contributed by atoms with Gasteiger partial charge in [-0.25, -0.2) is 0 Å². The fourth-order valence-electron chi connectivity index (χ4n) is 2.99. The van der Waals surface area contributed by atoms with Crippen LogP contribution in [0, 0.1) is 16.6 Å².